The lowest BCUT2D eigenvalue weighted by Gasteiger charge is -2.11. The molecule has 5 nitrogen and oxygen atoms in total. The molecule has 0 fully saturated rings. The normalized spacial score (nSPS) is 12.9. The summed E-state index contributed by atoms with van der Waals surface area (Å²) in [4.78, 5) is 4.73. The molecular formula is C16H20N4OS. The maximum Gasteiger partial charge on any atom is 0.160 e. The Kier molecular flexibility index (Phi) is 4.11. The van der Waals surface area contributed by atoms with Gasteiger partial charge in [0.1, 0.15) is 0 Å². The number of hydrogen-bond donors (Lipinski definition) is 1. The van der Waals surface area contributed by atoms with Gasteiger partial charge < -0.3 is 5.32 Å². The Balaban J connectivity index is 2.08. The molecule has 6 heteroatoms. The van der Waals surface area contributed by atoms with Crippen molar-refractivity contribution in [3.8, 4) is 0 Å². The van der Waals surface area contributed by atoms with E-state index in [4.69, 9.17) is 4.98 Å². The summed E-state index contributed by atoms with van der Waals surface area (Å²) < 4.78 is 13.0. The Labute approximate surface area is 132 Å². The minimum atomic E-state index is -0.747. The van der Waals surface area contributed by atoms with E-state index in [1.54, 1.807) is 6.26 Å². The fraction of sp³-hybridized carbons (Fsp3) is 0.375. The summed E-state index contributed by atoms with van der Waals surface area (Å²) in [7, 11) is 1.17. The van der Waals surface area contributed by atoms with Crippen LogP contribution in [0.4, 0.5) is 5.69 Å². The van der Waals surface area contributed by atoms with Gasteiger partial charge in [-0.15, -0.1) is 0 Å². The highest BCUT2D eigenvalue weighted by Crippen LogP contribution is 2.32. The molecule has 0 saturated heterocycles. The highest BCUT2D eigenvalue weighted by Gasteiger charge is 2.15. The second kappa shape index (κ2) is 6.04. The van der Waals surface area contributed by atoms with E-state index in [9.17, 15) is 4.21 Å². The summed E-state index contributed by atoms with van der Waals surface area (Å²) in [6.45, 7) is 2.79. The number of nitrogens with one attached hydrogen (secondary N) is 1. The van der Waals surface area contributed by atoms with E-state index in [1.165, 1.54) is 0 Å². The maximum absolute atomic E-state index is 11.2. The van der Waals surface area contributed by atoms with Crippen LogP contribution in [0.25, 0.3) is 21.9 Å². The summed E-state index contributed by atoms with van der Waals surface area (Å²) >= 11 is 0. The molecule has 22 heavy (non-hydrogen) atoms. The van der Waals surface area contributed by atoms with Crippen molar-refractivity contribution in [1.29, 1.82) is 0 Å². The van der Waals surface area contributed by atoms with E-state index in [0.29, 0.717) is 5.75 Å². The minimum Gasteiger partial charge on any atom is -0.384 e. The van der Waals surface area contributed by atoms with Crippen molar-refractivity contribution in [3.63, 3.8) is 0 Å². The molecule has 0 saturated carbocycles. The number of aryl methyl sites for hydroxylation is 2. The summed E-state index contributed by atoms with van der Waals surface area (Å²) in [6, 6.07) is 8.11. The molecule has 2 heterocycles. The fourth-order valence-corrected chi connectivity index (χ4v) is 3.32. The standard InChI is InChI=1S/C16H20N4OS/c1-11-14-15(17-9-6-10-22(3)21)12-7-4-5-8-13(12)18-16(14)20(2)19-11/h4-5,7-8H,6,9-10H2,1-3H3,(H,17,18). The van der Waals surface area contributed by atoms with Gasteiger partial charge in [0, 0.05) is 41.8 Å². The van der Waals surface area contributed by atoms with Crippen LogP contribution in [0.15, 0.2) is 24.3 Å². The third-order valence-corrected chi connectivity index (χ3v) is 4.62. The van der Waals surface area contributed by atoms with Gasteiger partial charge in [0.05, 0.1) is 22.3 Å². The first-order chi connectivity index (χ1) is 10.6. The molecule has 0 aliphatic heterocycles. The average molecular weight is 316 g/mol. The molecule has 116 valence electrons. The lowest BCUT2D eigenvalue weighted by atomic mass is 10.1. The molecular weight excluding hydrogens is 296 g/mol. The molecule has 0 radical (unpaired) electrons. The quantitative estimate of drug-likeness (QED) is 0.735. The summed E-state index contributed by atoms with van der Waals surface area (Å²) in [5.74, 6) is 0.713. The molecule has 0 aliphatic rings. The molecule has 1 N–H and O–H groups in total. The number of aromatic nitrogens is 3. The zero-order valence-electron chi connectivity index (χ0n) is 13.1. The number of benzene rings is 1. The van der Waals surface area contributed by atoms with Crippen molar-refractivity contribution in [1.82, 2.24) is 14.8 Å². The summed E-state index contributed by atoms with van der Waals surface area (Å²) in [5.41, 5.74) is 3.89. The van der Waals surface area contributed by atoms with Crippen LogP contribution in [0, 0.1) is 6.92 Å². The number of rotatable bonds is 5. The molecule has 2 aromatic heterocycles. The van der Waals surface area contributed by atoms with E-state index in [1.807, 2.05) is 36.9 Å². The van der Waals surface area contributed by atoms with Crippen molar-refractivity contribution in [3.05, 3.63) is 30.0 Å². The van der Waals surface area contributed by atoms with Gasteiger partial charge in [-0.3, -0.25) is 8.89 Å². The Hall–Kier alpha value is -1.95. The Morgan fingerprint density at radius 2 is 2.09 bits per heavy atom. The van der Waals surface area contributed by atoms with Crippen LogP contribution in [-0.4, -0.2) is 37.5 Å². The van der Waals surface area contributed by atoms with Gasteiger partial charge in [-0.25, -0.2) is 4.98 Å². The van der Waals surface area contributed by atoms with Crippen molar-refractivity contribution in [2.24, 2.45) is 7.05 Å². The van der Waals surface area contributed by atoms with Crippen molar-refractivity contribution in [2.45, 2.75) is 13.3 Å². The van der Waals surface area contributed by atoms with Crippen LogP contribution in [0.1, 0.15) is 12.1 Å². The lowest BCUT2D eigenvalue weighted by molar-refractivity contribution is 0.685. The topological polar surface area (TPSA) is 59.8 Å². The van der Waals surface area contributed by atoms with Crippen molar-refractivity contribution in [2.75, 3.05) is 23.9 Å². The van der Waals surface area contributed by atoms with Crippen LogP contribution >= 0.6 is 0 Å². The molecule has 3 rings (SSSR count). The summed E-state index contributed by atoms with van der Waals surface area (Å²) in [5, 5.41) is 10.2. The monoisotopic (exact) mass is 316 g/mol. The van der Waals surface area contributed by atoms with Gasteiger partial charge in [-0.1, -0.05) is 18.2 Å². The molecule has 1 atom stereocenters. The highest BCUT2D eigenvalue weighted by atomic mass is 32.2. The Morgan fingerprint density at radius 3 is 2.86 bits per heavy atom. The predicted molar refractivity (Wildman–Crippen MR) is 92.8 cm³/mol. The maximum atomic E-state index is 11.2. The first-order valence-corrected chi connectivity index (χ1v) is 9.06. The second-order valence-electron chi connectivity index (χ2n) is 5.47. The number of fused-ring (bicyclic) bond motifs is 2. The van der Waals surface area contributed by atoms with Crippen LogP contribution in [0.2, 0.25) is 0 Å². The second-order valence-corrected chi connectivity index (χ2v) is 7.02. The van der Waals surface area contributed by atoms with Crippen molar-refractivity contribution >= 4 is 38.4 Å². The van der Waals surface area contributed by atoms with E-state index in [2.05, 4.69) is 16.5 Å². The Bertz CT molecular complexity index is 856. The molecule has 0 bridgehead atoms. The number of anilines is 1. The van der Waals surface area contributed by atoms with Gasteiger partial charge in [-0.05, 0) is 19.4 Å². The van der Waals surface area contributed by atoms with Crippen LogP contribution < -0.4 is 5.32 Å². The molecule has 0 aliphatic carbocycles. The number of nitrogens with zero attached hydrogens (tertiary/aromatic N) is 3. The zero-order valence-corrected chi connectivity index (χ0v) is 13.9. The zero-order chi connectivity index (χ0) is 15.7. The third-order valence-electron chi connectivity index (χ3n) is 3.75. The lowest BCUT2D eigenvalue weighted by Crippen LogP contribution is -2.07. The molecule has 0 amide bonds. The minimum absolute atomic E-state index is 0.713. The van der Waals surface area contributed by atoms with Gasteiger partial charge in [0.2, 0.25) is 0 Å². The first kappa shape index (κ1) is 15.0. The largest absolute Gasteiger partial charge is 0.384 e. The van der Waals surface area contributed by atoms with E-state index in [-0.39, 0.29) is 0 Å². The molecule has 3 aromatic rings. The van der Waals surface area contributed by atoms with Crippen LogP contribution in [0.3, 0.4) is 0 Å². The predicted octanol–water partition coefficient (Wildman–Crippen LogP) is 2.61. The first-order valence-electron chi connectivity index (χ1n) is 7.34. The summed E-state index contributed by atoms with van der Waals surface area (Å²) in [6.07, 6.45) is 2.62. The van der Waals surface area contributed by atoms with Gasteiger partial charge >= 0.3 is 0 Å². The number of para-hydroxylation sites is 1. The smallest absolute Gasteiger partial charge is 0.160 e. The number of hydrogen-bond acceptors (Lipinski definition) is 4. The van der Waals surface area contributed by atoms with Gasteiger partial charge in [-0.2, -0.15) is 5.10 Å². The van der Waals surface area contributed by atoms with E-state index >= 15 is 0 Å². The van der Waals surface area contributed by atoms with Gasteiger partial charge in [0.15, 0.2) is 5.65 Å². The molecule has 0 spiro atoms. The van der Waals surface area contributed by atoms with E-state index < -0.39 is 10.8 Å². The SMILES string of the molecule is Cc1nn(C)c2nc3ccccc3c(NCCCS(C)=O)c12. The average Bonchev–Trinajstić information content (AvgIpc) is 2.77. The Morgan fingerprint density at radius 1 is 1.32 bits per heavy atom. The van der Waals surface area contributed by atoms with Crippen LogP contribution in [-0.2, 0) is 17.8 Å². The molecule has 1 unspecified atom stereocenters. The van der Waals surface area contributed by atoms with Gasteiger partial charge in [0.25, 0.3) is 0 Å². The number of pyridine rings is 1. The highest BCUT2D eigenvalue weighted by molar-refractivity contribution is 7.84. The van der Waals surface area contributed by atoms with Crippen molar-refractivity contribution < 1.29 is 4.21 Å². The molecule has 1 aromatic carbocycles. The third kappa shape index (κ3) is 2.70. The van der Waals surface area contributed by atoms with Crippen LogP contribution in [0.5, 0.6) is 0 Å². The van der Waals surface area contributed by atoms with E-state index in [0.717, 1.165) is 46.3 Å². The fourth-order valence-electron chi connectivity index (χ4n) is 2.77.